The van der Waals surface area contributed by atoms with E-state index in [1.54, 1.807) is 10.7 Å². The molecule has 0 saturated heterocycles. The highest BCUT2D eigenvalue weighted by Gasteiger charge is 2.23. The maximum Gasteiger partial charge on any atom is 0.269 e. The summed E-state index contributed by atoms with van der Waals surface area (Å²) < 4.78 is 7.37. The van der Waals surface area contributed by atoms with Crippen molar-refractivity contribution in [3.63, 3.8) is 0 Å². The summed E-state index contributed by atoms with van der Waals surface area (Å²) in [6, 6.07) is 11.5. The molecule has 1 aromatic carbocycles. The quantitative estimate of drug-likeness (QED) is 0.908. The molecule has 1 aliphatic rings. The van der Waals surface area contributed by atoms with Crippen LogP contribution in [0.15, 0.2) is 36.4 Å². The molecule has 1 atom stereocenters. The van der Waals surface area contributed by atoms with E-state index >= 15 is 0 Å². The van der Waals surface area contributed by atoms with E-state index in [0.29, 0.717) is 18.8 Å². The first kappa shape index (κ1) is 11.8. The van der Waals surface area contributed by atoms with Crippen molar-refractivity contribution in [2.45, 2.75) is 26.1 Å². The Kier molecular flexibility index (Phi) is 2.95. The monoisotopic (exact) mass is 257 g/mol. The molecule has 98 valence electrons. The molecule has 1 amide bonds. The second kappa shape index (κ2) is 4.76. The number of aromatic nitrogens is 2. The number of nitrogens with one attached hydrogen (secondary N) is 1. The van der Waals surface area contributed by atoms with Crippen LogP contribution >= 0.6 is 0 Å². The second-order valence-electron chi connectivity index (χ2n) is 4.68. The van der Waals surface area contributed by atoms with Crippen LogP contribution in [0.3, 0.4) is 0 Å². The summed E-state index contributed by atoms with van der Waals surface area (Å²) >= 11 is 0. The molecule has 2 heterocycles. The maximum absolute atomic E-state index is 11.8. The zero-order valence-electron chi connectivity index (χ0n) is 10.7. The van der Waals surface area contributed by atoms with Gasteiger partial charge in [0.1, 0.15) is 23.7 Å². The van der Waals surface area contributed by atoms with Gasteiger partial charge in [-0.1, -0.05) is 18.2 Å². The van der Waals surface area contributed by atoms with Crippen molar-refractivity contribution >= 4 is 5.91 Å². The number of ether oxygens (including phenoxy) is 1. The van der Waals surface area contributed by atoms with Gasteiger partial charge in [0, 0.05) is 6.04 Å². The van der Waals surface area contributed by atoms with Crippen LogP contribution in [-0.2, 0) is 13.2 Å². The third kappa shape index (κ3) is 2.45. The Balaban J connectivity index is 1.73. The highest BCUT2D eigenvalue weighted by Crippen LogP contribution is 2.14. The van der Waals surface area contributed by atoms with Crippen LogP contribution in [0.4, 0.5) is 0 Å². The lowest BCUT2D eigenvalue weighted by Crippen LogP contribution is -2.42. The molecule has 0 saturated carbocycles. The lowest BCUT2D eigenvalue weighted by molar-refractivity contribution is 0.0901. The summed E-state index contributed by atoms with van der Waals surface area (Å²) in [6.45, 7) is 3.03. The van der Waals surface area contributed by atoms with Crippen LogP contribution in [0.1, 0.15) is 23.1 Å². The number of fused-ring (bicyclic) bond motifs is 1. The van der Waals surface area contributed by atoms with E-state index in [-0.39, 0.29) is 11.9 Å². The van der Waals surface area contributed by atoms with E-state index in [1.165, 1.54) is 0 Å². The molecule has 19 heavy (non-hydrogen) atoms. The first-order valence-electron chi connectivity index (χ1n) is 6.28. The molecule has 1 aromatic heterocycles. The standard InChI is InChI=1S/C14H15N3O2/c1-10-8-17-13(14(18)15-10)7-11(16-17)9-19-12-5-3-2-4-6-12/h2-7,10H,8-9H2,1H3,(H,15,18). The Morgan fingerprint density at radius 1 is 1.42 bits per heavy atom. The van der Waals surface area contributed by atoms with Crippen molar-refractivity contribution in [3.8, 4) is 5.75 Å². The molecule has 0 fully saturated rings. The van der Waals surface area contributed by atoms with Crippen molar-refractivity contribution in [1.82, 2.24) is 15.1 Å². The van der Waals surface area contributed by atoms with Gasteiger partial charge in [0.05, 0.1) is 6.54 Å². The van der Waals surface area contributed by atoms with Crippen LogP contribution in [0.5, 0.6) is 5.75 Å². The Morgan fingerprint density at radius 3 is 3.00 bits per heavy atom. The van der Waals surface area contributed by atoms with Crippen LogP contribution in [0, 0.1) is 0 Å². The zero-order chi connectivity index (χ0) is 13.2. The fourth-order valence-electron chi connectivity index (χ4n) is 2.14. The first-order valence-corrected chi connectivity index (χ1v) is 6.28. The summed E-state index contributed by atoms with van der Waals surface area (Å²) in [7, 11) is 0. The second-order valence-corrected chi connectivity index (χ2v) is 4.68. The smallest absolute Gasteiger partial charge is 0.269 e. The van der Waals surface area contributed by atoms with Crippen LogP contribution in [0.2, 0.25) is 0 Å². The number of carbonyl (C=O) groups excluding carboxylic acids is 1. The van der Waals surface area contributed by atoms with Gasteiger partial charge in [-0.15, -0.1) is 0 Å². The molecular weight excluding hydrogens is 242 g/mol. The predicted octanol–water partition coefficient (Wildman–Crippen LogP) is 1.59. The van der Waals surface area contributed by atoms with E-state index in [9.17, 15) is 4.79 Å². The van der Waals surface area contributed by atoms with E-state index in [1.807, 2.05) is 37.3 Å². The van der Waals surface area contributed by atoms with Crippen LogP contribution < -0.4 is 10.1 Å². The van der Waals surface area contributed by atoms with E-state index in [4.69, 9.17) is 4.74 Å². The molecule has 0 radical (unpaired) electrons. The fraction of sp³-hybridized carbons (Fsp3) is 0.286. The summed E-state index contributed by atoms with van der Waals surface area (Å²) in [4.78, 5) is 11.8. The summed E-state index contributed by atoms with van der Waals surface area (Å²) in [6.07, 6.45) is 0. The van der Waals surface area contributed by atoms with E-state index in [2.05, 4.69) is 10.4 Å². The number of rotatable bonds is 3. The van der Waals surface area contributed by atoms with Gasteiger partial charge in [-0.2, -0.15) is 5.10 Å². The normalized spacial score (nSPS) is 17.7. The SMILES string of the molecule is CC1Cn2nc(COc3ccccc3)cc2C(=O)N1. The average Bonchev–Trinajstić information content (AvgIpc) is 2.81. The topological polar surface area (TPSA) is 56.2 Å². The molecule has 0 spiro atoms. The summed E-state index contributed by atoms with van der Waals surface area (Å²) in [5.74, 6) is 0.725. The third-order valence-corrected chi connectivity index (χ3v) is 3.02. The minimum absolute atomic E-state index is 0.0720. The van der Waals surface area contributed by atoms with Crippen molar-refractivity contribution in [3.05, 3.63) is 47.8 Å². The molecule has 5 nitrogen and oxygen atoms in total. The fourth-order valence-corrected chi connectivity index (χ4v) is 2.14. The minimum Gasteiger partial charge on any atom is -0.487 e. The maximum atomic E-state index is 11.8. The Morgan fingerprint density at radius 2 is 2.21 bits per heavy atom. The van der Waals surface area contributed by atoms with E-state index in [0.717, 1.165) is 11.4 Å². The molecule has 5 heteroatoms. The highest BCUT2D eigenvalue weighted by atomic mass is 16.5. The number of benzene rings is 1. The number of nitrogens with zero attached hydrogens (tertiary/aromatic N) is 2. The number of hydrogen-bond donors (Lipinski definition) is 1. The number of amides is 1. The summed E-state index contributed by atoms with van der Waals surface area (Å²) in [5.41, 5.74) is 1.37. The Hall–Kier alpha value is -2.30. The van der Waals surface area contributed by atoms with Crippen LogP contribution in [0.25, 0.3) is 0 Å². The van der Waals surface area contributed by atoms with Crippen molar-refractivity contribution in [1.29, 1.82) is 0 Å². The minimum atomic E-state index is -0.0720. The molecule has 1 aliphatic heterocycles. The molecule has 3 rings (SSSR count). The van der Waals surface area contributed by atoms with Gasteiger partial charge in [0.15, 0.2) is 0 Å². The van der Waals surface area contributed by atoms with Gasteiger partial charge in [0.25, 0.3) is 5.91 Å². The Labute approximate surface area is 111 Å². The third-order valence-electron chi connectivity index (χ3n) is 3.02. The lowest BCUT2D eigenvalue weighted by atomic mass is 10.2. The molecule has 1 N–H and O–H groups in total. The number of hydrogen-bond acceptors (Lipinski definition) is 3. The molecule has 0 aliphatic carbocycles. The largest absolute Gasteiger partial charge is 0.487 e. The van der Waals surface area contributed by atoms with Crippen LogP contribution in [-0.4, -0.2) is 21.7 Å². The summed E-state index contributed by atoms with van der Waals surface area (Å²) in [5, 5.41) is 7.28. The van der Waals surface area contributed by atoms with Gasteiger partial charge in [-0.3, -0.25) is 9.48 Å². The van der Waals surface area contributed by atoms with E-state index < -0.39 is 0 Å². The highest BCUT2D eigenvalue weighted by molar-refractivity contribution is 5.93. The average molecular weight is 257 g/mol. The van der Waals surface area contributed by atoms with Gasteiger partial charge in [-0.25, -0.2) is 0 Å². The molecule has 0 bridgehead atoms. The van der Waals surface area contributed by atoms with Gasteiger partial charge in [0.2, 0.25) is 0 Å². The predicted molar refractivity (Wildman–Crippen MR) is 69.9 cm³/mol. The number of para-hydroxylation sites is 1. The molecule has 1 unspecified atom stereocenters. The first-order chi connectivity index (χ1) is 9.22. The molecule has 2 aromatic rings. The van der Waals surface area contributed by atoms with Crippen molar-refractivity contribution < 1.29 is 9.53 Å². The number of carbonyl (C=O) groups is 1. The zero-order valence-corrected chi connectivity index (χ0v) is 10.7. The lowest BCUT2D eigenvalue weighted by Gasteiger charge is -2.20. The van der Waals surface area contributed by atoms with Gasteiger partial charge < -0.3 is 10.1 Å². The van der Waals surface area contributed by atoms with Crippen molar-refractivity contribution in [2.24, 2.45) is 0 Å². The van der Waals surface area contributed by atoms with Crippen molar-refractivity contribution in [2.75, 3.05) is 0 Å². The molecular formula is C14H15N3O2. The Bertz CT molecular complexity index is 592. The van der Waals surface area contributed by atoms with Gasteiger partial charge >= 0.3 is 0 Å². The van der Waals surface area contributed by atoms with Gasteiger partial charge in [-0.05, 0) is 25.1 Å².